The first-order chi connectivity index (χ1) is 13.0. The minimum atomic E-state index is -0.578. The predicted octanol–water partition coefficient (Wildman–Crippen LogP) is 4.19. The number of rotatable bonds is 7. The monoisotopic (exact) mass is 381 g/mol. The summed E-state index contributed by atoms with van der Waals surface area (Å²) in [5.74, 6) is 0.141. The van der Waals surface area contributed by atoms with Gasteiger partial charge in [-0.2, -0.15) is 0 Å². The van der Waals surface area contributed by atoms with Crippen LogP contribution in [0.25, 0.3) is 10.8 Å². The van der Waals surface area contributed by atoms with E-state index in [-0.39, 0.29) is 18.3 Å². The number of Topliss-reactive ketones (excluding diaryl/α,β-unsaturated/α-hetero) is 1. The lowest BCUT2D eigenvalue weighted by Gasteiger charge is -2.17. The van der Waals surface area contributed by atoms with E-state index >= 15 is 0 Å². The normalized spacial score (nSPS) is 11.8. The summed E-state index contributed by atoms with van der Waals surface area (Å²) < 4.78 is 5.68. The molecular formula is C22H20ClNO3. The van der Waals surface area contributed by atoms with Crippen LogP contribution in [0.4, 0.5) is 0 Å². The Bertz CT molecular complexity index is 956. The number of ether oxygens (including phenoxy) is 1. The first kappa shape index (κ1) is 18.9. The number of carbonyl (C=O) groups excluding carboxylic acids is 2. The van der Waals surface area contributed by atoms with Crippen LogP contribution in [-0.2, 0) is 16.0 Å². The van der Waals surface area contributed by atoms with Crippen molar-refractivity contribution >= 4 is 34.1 Å². The summed E-state index contributed by atoms with van der Waals surface area (Å²) in [7, 11) is 0. The topological polar surface area (TPSA) is 55.4 Å². The maximum absolute atomic E-state index is 12.3. The van der Waals surface area contributed by atoms with Gasteiger partial charge >= 0.3 is 0 Å². The molecule has 0 aliphatic heterocycles. The van der Waals surface area contributed by atoms with E-state index in [2.05, 4.69) is 5.32 Å². The molecule has 0 saturated carbocycles. The molecule has 1 amide bonds. The van der Waals surface area contributed by atoms with E-state index in [1.807, 2.05) is 54.6 Å². The van der Waals surface area contributed by atoms with Gasteiger partial charge in [0, 0.05) is 15.8 Å². The van der Waals surface area contributed by atoms with Gasteiger partial charge in [0.25, 0.3) is 5.91 Å². The number of benzene rings is 3. The summed E-state index contributed by atoms with van der Waals surface area (Å²) in [6.45, 7) is 1.30. The molecule has 0 aliphatic rings. The molecule has 3 rings (SSSR count). The Balaban J connectivity index is 1.65. The Morgan fingerprint density at radius 3 is 2.33 bits per heavy atom. The van der Waals surface area contributed by atoms with Crippen LogP contribution in [0.5, 0.6) is 5.75 Å². The van der Waals surface area contributed by atoms with Crippen molar-refractivity contribution in [1.82, 2.24) is 5.32 Å². The summed E-state index contributed by atoms with van der Waals surface area (Å²) in [5, 5.41) is 5.08. The molecule has 0 saturated heterocycles. The largest absolute Gasteiger partial charge is 0.483 e. The first-order valence-electron chi connectivity index (χ1n) is 8.68. The number of carbonyl (C=O) groups is 2. The molecule has 3 aromatic rings. The number of nitrogens with one attached hydrogen (secondary N) is 1. The molecular weight excluding hydrogens is 362 g/mol. The third kappa shape index (κ3) is 4.86. The molecule has 0 aromatic heterocycles. The highest BCUT2D eigenvalue weighted by Gasteiger charge is 2.18. The van der Waals surface area contributed by atoms with Crippen LogP contribution in [0.2, 0.25) is 5.02 Å². The number of hydrogen-bond donors (Lipinski definition) is 1. The smallest absolute Gasteiger partial charge is 0.258 e. The van der Waals surface area contributed by atoms with Crippen molar-refractivity contribution in [1.29, 1.82) is 0 Å². The molecule has 3 aromatic carbocycles. The van der Waals surface area contributed by atoms with Crippen LogP contribution in [0, 0.1) is 0 Å². The molecule has 27 heavy (non-hydrogen) atoms. The summed E-state index contributed by atoms with van der Waals surface area (Å²) in [5.41, 5.74) is 0.989. The Hall–Kier alpha value is -2.85. The van der Waals surface area contributed by atoms with Crippen LogP contribution in [0.1, 0.15) is 12.5 Å². The van der Waals surface area contributed by atoms with E-state index in [1.165, 1.54) is 6.92 Å². The average Bonchev–Trinajstić information content (AvgIpc) is 2.68. The van der Waals surface area contributed by atoms with Crippen molar-refractivity contribution in [3.63, 3.8) is 0 Å². The van der Waals surface area contributed by atoms with Crippen LogP contribution in [-0.4, -0.2) is 24.3 Å². The number of amides is 1. The predicted molar refractivity (Wildman–Crippen MR) is 107 cm³/mol. The van der Waals surface area contributed by atoms with E-state index < -0.39 is 6.04 Å². The Kier molecular flexibility index (Phi) is 6.09. The lowest BCUT2D eigenvalue weighted by Crippen LogP contribution is -2.43. The highest BCUT2D eigenvalue weighted by Crippen LogP contribution is 2.31. The van der Waals surface area contributed by atoms with Gasteiger partial charge < -0.3 is 10.1 Å². The zero-order valence-corrected chi connectivity index (χ0v) is 15.7. The first-order valence-corrected chi connectivity index (χ1v) is 9.06. The highest BCUT2D eigenvalue weighted by molar-refractivity contribution is 6.35. The Labute approximate surface area is 163 Å². The van der Waals surface area contributed by atoms with Crippen LogP contribution < -0.4 is 10.1 Å². The molecule has 1 atom stereocenters. The van der Waals surface area contributed by atoms with Crippen molar-refractivity contribution < 1.29 is 14.3 Å². The lowest BCUT2D eigenvalue weighted by atomic mass is 10.0. The fourth-order valence-electron chi connectivity index (χ4n) is 2.89. The van der Waals surface area contributed by atoms with Gasteiger partial charge in [0.2, 0.25) is 0 Å². The van der Waals surface area contributed by atoms with Crippen LogP contribution in [0.3, 0.4) is 0 Å². The molecule has 4 nitrogen and oxygen atoms in total. The second kappa shape index (κ2) is 8.69. The third-order valence-corrected chi connectivity index (χ3v) is 4.63. The van der Waals surface area contributed by atoms with Crippen LogP contribution in [0.15, 0.2) is 66.7 Å². The van der Waals surface area contributed by atoms with E-state index in [1.54, 1.807) is 12.1 Å². The number of ketones is 1. The SMILES string of the molecule is CC(=O)[C@H](Cc1ccccc1)NC(=O)COc1ccc(Cl)c2ccccc12. The minimum absolute atomic E-state index is 0.0934. The zero-order chi connectivity index (χ0) is 19.2. The third-order valence-electron chi connectivity index (χ3n) is 4.30. The molecule has 138 valence electrons. The van der Waals surface area contributed by atoms with Gasteiger partial charge in [0.1, 0.15) is 5.75 Å². The van der Waals surface area contributed by atoms with Gasteiger partial charge in [-0.25, -0.2) is 0 Å². The van der Waals surface area contributed by atoms with Gasteiger partial charge in [0.05, 0.1) is 6.04 Å². The Morgan fingerprint density at radius 2 is 1.63 bits per heavy atom. The maximum Gasteiger partial charge on any atom is 0.258 e. The number of halogens is 1. The molecule has 0 fully saturated rings. The van der Waals surface area contributed by atoms with Crippen molar-refractivity contribution in [3.05, 3.63) is 77.3 Å². The summed E-state index contributed by atoms with van der Waals surface area (Å²) in [4.78, 5) is 24.2. The Morgan fingerprint density at radius 1 is 0.963 bits per heavy atom. The number of hydrogen-bond acceptors (Lipinski definition) is 3. The summed E-state index contributed by atoms with van der Waals surface area (Å²) >= 11 is 6.20. The molecule has 5 heteroatoms. The van der Waals surface area contributed by atoms with Gasteiger partial charge in [-0.15, -0.1) is 0 Å². The second-order valence-electron chi connectivity index (χ2n) is 6.30. The maximum atomic E-state index is 12.3. The molecule has 0 radical (unpaired) electrons. The zero-order valence-electron chi connectivity index (χ0n) is 14.9. The lowest BCUT2D eigenvalue weighted by molar-refractivity contribution is -0.128. The van der Waals surface area contributed by atoms with E-state index in [0.29, 0.717) is 17.2 Å². The molecule has 0 heterocycles. The van der Waals surface area contributed by atoms with Crippen molar-refractivity contribution in [2.24, 2.45) is 0 Å². The van der Waals surface area contributed by atoms with E-state index in [0.717, 1.165) is 16.3 Å². The summed E-state index contributed by atoms with van der Waals surface area (Å²) in [6.07, 6.45) is 0.450. The fourth-order valence-corrected chi connectivity index (χ4v) is 3.11. The van der Waals surface area contributed by atoms with Crippen molar-refractivity contribution in [2.45, 2.75) is 19.4 Å². The number of fused-ring (bicyclic) bond motifs is 1. The van der Waals surface area contributed by atoms with E-state index in [4.69, 9.17) is 16.3 Å². The fraction of sp³-hybridized carbons (Fsp3) is 0.182. The average molecular weight is 382 g/mol. The second-order valence-corrected chi connectivity index (χ2v) is 6.71. The summed E-state index contributed by atoms with van der Waals surface area (Å²) in [6, 6.07) is 20.1. The van der Waals surface area contributed by atoms with Crippen molar-refractivity contribution in [2.75, 3.05) is 6.61 Å². The van der Waals surface area contributed by atoms with Gasteiger partial charge in [-0.05, 0) is 31.0 Å². The van der Waals surface area contributed by atoms with Crippen LogP contribution >= 0.6 is 11.6 Å². The van der Waals surface area contributed by atoms with Gasteiger partial charge in [0.15, 0.2) is 12.4 Å². The molecule has 0 bridgehead atoms. The quantitative estimate of drug-likeness (QED) is 0.667. The van der Waals surface area contributed by atoms with Crippen molar-refractivity contribution in [3.8, 4) is 5.75 Å². The van der Waals surface area contributed by atoms with Gasteiger partial charge in [-0.3, -0.25) is 9.59 Å². The molecule has 0 spiro atoms. The van der Waals surface area contributed by atoms with E-state index in [9.17, 15) is 9.59 Å². The highest BCUT2D eigenvalue weighted by atomic mass is 35.5. The molecule has 0 unspecified atom stereocenters. The minimum Gasteiger partial charge on any atom is -0.483 e. The van der Waals surface area contributed by atoms with Gasteiger partial charge in [-0.1, -0.05) is 66.2 Å². The molecule has 1 N–H and O–H groups in total. The molecule has 0 aliphatic carbocycles. The standard InChI is InChI=1S/C22H20ClNO3/c1-15(25)20(13-16-7-3-2-4-8-16)24-22(26)14-27-21-12-11-19(23)17-9-5-6-10-18(17)21/h2-12,20H,13-14H2,1H3,(H,24,26)/t20-/m0/s1.